The SMILES string of the molecule is C#CCOCCOCCOCCNc1nc(N2CCN(C(=O)[C@@H](Cc3cc4ccccc4[nH]3)n3cc([C@@H](N)CC(C)C)nn3)CC2)nc(N2CCN(C(=O)[C@H](CCCCN)n3cc([C@@H](N)CO)nn3)CC2)n1.Cl. The standard InChI is InChI=1S/C48H72N18O6.ClH/c1-4-22-70-24-26-72-27-25-71-23-13-52-46-54-47(63-18-14-61(15-19-63)44(68)42(11-7-8-12-49)65-32-41(58-59-65)38(51)33-67)56-48(55-46)64-20-16-62(17-21-64)45(69)43(30-36-29-35-9-5-6-10-39(35)53-36)66-31-40(57-60-66)37(50)28-34(2)3;/h1,5-6,9-10,29,31-32,34,37-38,42-43,53,67H,7-8,11-28,30,33,49-51H2,2-3H3,(H,52,54,55,56);1H/t37-,38-,42-,43+;/m0./s1. The molecular formula is C48H73ClN18O6. The van der Waals surface area contributed by atoms with Gasteiger partial charge in [-0.15, -0.1) is 29.0 Å². The molecule has 0 aliphatic carbocycles. The number of hydrogen-bond acceptors (Lipinski definition) is 19. The Kier molecular flexibility index (Phi) is 21.9. The summed E-state index contributed by atoms with van der Waals surface area (Å²) in [6, 6.07) is 7.85. The zero-order valence-corrected chi connectivity index (χ0v) is 42.8. The van der Waals surface area contributed by atoms with E-state index in [1.54, 1.807) is 15.6 Å². The van der Waals surface area contributed by atoms with Crippen molar-refractivity contribution in [2.45, 2.75) is 70.1 Å². The number of piperazine rings is 2. The quantitative estimate of drug-likeness (QED) is 0.0303. The summed E-state index contributed by atoms with van der Waals surface area (Å²) in [7, 11) is 0. The maximum Gasteiger partial charge on any atom is 0.248 e. The number of H-pyrrole nitrogens is 1. The number of para-hydroxylation sites is 1. The summed E-state index contributed by atoms with van der Waals surface area (Å²) in [5.74, 6) is 3.94. The number of rotatable bonds is 28. The van der Waals surface area contributed by atoms with Gasteiger partial charge in [-0.1, -0.05) is 48.4 Å². The Balaban J connectivity index is 0.00000869. The van der Waals surface area contributed by atoms with Crippen molar-refractivity contribution in [3.05, 3.63) is 59.8 Å². The van der Waals surface area contributed by atoms with Crippen LogP contribution in [-0.4, -0.2) is 188 Å². The maximum atomic E-state index is 14.6. The average molecular weight is 1030 g/mol. The first-order valence-electron chi connectivity index (χ1n) is 25.0. The Bertz CT molecular complexity index is 2470. The predicted molar refractivity (Wildman–Crippen MR) is 278 cm³/mol. The molecule has 24 nitrogen and oxygen atoms in total. The summed E-state index contributed by atoms with van der Waals surface area (Å²) in [6.07, 6.45) is 11.8. The first-order valence-corrected chi connectivity index (χ1v) is 25.0. The van der Waals surface area contributed by atoms with E-state index in [4.69, 9.17) is 52.8 Å². The molecule has 0 bridgehead atoms. The first-order chi connectivity index (χ1) is 35.0. The number of hydrogen-bond donors (Lipinski definition) is 6. The number of nitrogens with zero attached hydrogens (tertiary/aromatic N) is 13. The van der Waals surface area contributed by atoms with Crippen molar-refractivity contribution in [2.75, 3.05) is 127 Å². The van der Waals surface area contributed by atoms with Gasteiger partial charge in [0.25, 0.3) is 0 Å². The lowest BCUT2D eigenvalue weighted by Gasteiger charge is -2.38. The van der Waals surface area contributed by atoms with E-state index < -0.39 is 18.1 Å². The topological polar surface area (TPSA) is 301 Å². The minimum absolute atomic E-state index is 0. The van der Waals surface area contributed by atoms with Crippen LogP contribution in [-0.2, 0) is 30.2 Å². The lowest BCUT2D eigenvalue weighted by Crippen LogP contribution is -2.52. The Labute approximate surface area is 432 Å². The van der Waals surface area contributed by atoms with Gasteiger partial charge in [0.2, 0.25) is 29.7 Å². The maximum absolute atomic E-state index is 14.6. The zero-order chi connectivity index (χ0) is 50.8. The summed E-state index contributed by atoms with van der Waals surface area (Å²) < 4.78 is 19.8. The number of aromatic amines is 1. The fourth-order valence-corrected chi connectivity index (χ4v) is 8.74. The highest BCUT2D eigenvalue weighted by atomic mass is 35.5. The van der Waals surface area contributed by atoms with E-state index in [0.717, 1.165) is 35.9 Å². The molecule has 4 aromatic heterocycles. The summed E-state index contributed by atoms with van der Waals surface area (Å²) in [4.78, 5) is 54.8. The Morgan fingerprint density at radius 2 is 1.37 bits per heavy atom. The Morgan fingerprint density at radius 1 is 0.795 bits per heavy atom. The number of carbonyl (C=O) groups excluding carboxylic acids is 2. The molecule has 0 unspecified atom stereocenters. The van der Waals surface area contributed by atoms with Crippen LogP contribution in [0.3, 0.4) is 0 Å². The minimum atomic E-state index is -0.700. The molecule has 2 amide bonds. The van der Waals surface area contributed by atoms with Crippen LogP contribution in [0.25, 0.3) is 10.9 Å². The number of aliphatic hydroxyl groups excluding tert-OH is 1. The van der Waals surface area contributed by atoms with Crippen LogP contribution >= 0.6 is 12.4 Å². The highest BCUT2D eigenvalue weighted by Crippen LogP contribution is 2.26. The lowest BCUT2D eigenvalue weighted by molar-refractivity contribution is -0.136. The first kappa shape index (κ1) is 56.3. The summed E-state index contributed by atoms with van der Waals surface area (Å²) in [5, 5.41) is 31.2. The molecule has 4 atom stereocenters. The van der Waals surface area contributed by atoms with E-state index in [1.165, 1.54) is 0 Å². The van der Waals surface area contributed by atoms with Crippen molar-refractivity contribution < 1.29 is 28.9 Å². The van der Waals surface area contributed by atoms with Gasteiger partial charge in [0.1, 0.15) is 24.4 Å². The van der Waals surface area contributed by atoms with E-state index in [0.29, 0.717) is 146 Å². The number of ether oxygens (including phenoxy) is 3. The summed E-state index contributed by atoms with van der Waals surface area (Å²) in [5.41, 5.74) is 21.3. The third-order valence-corrected chi connectivity index (χ3v) is 12.7. The van der Waals surface area contributed by atoms with Gasteiger partial charge in [-0.2, -0.15) is 15.0 Å². The third-order valence-electron chi connectivity index (χ3n) is 12.7. The van der Waals surface area contributed by atoms with Crippen molar-refractivity contribution in [1.82, 2.24) is 59.7 Å². The number of nitrogens with two attached hydrogens (primary N) is 3. The van der Waals surface area contributed by atoms with Gasteiger partial charge < -0.3 is 66.4 Å². The van der Waals surface area contributed by atoms with Crippen molar-refractivity contribution in [3.63, 3.8) is 0 Å². The molecule has 0 saturated carbocycles. The summed E-state index contributed by atoms with van der Waals surface area (Å²) in [6.45, 7) is 10.6. The highest BCUT2D eigenvalue weighted by molar-refractivity contribution is 5.85. The van der Waals surface area contributed by atoms with Crippen LogP contribution in [0, 0.1) is 18.3 Å². The van der Waals surface area contributed by atoms with Crippen molar-refractivity contribution in [3.8, 4) is 12.3 Å². The fourth-order valence-electron chi connectivity index (χ4n) is 8.74. The van der Waals surface area contributed by atoms with Crippen molar-refractivity contribution in [2.24, 2.45) is 23.1 Å². The third kappa shape index (κ3) is 15.7. The number of halogens is 1. The molecule has 0 spiro atoms. The van der Waals surface area contributed by atoms with Gasteiger partial charge in [0.15, 0.2) is 0 Å². The van der Waals surface area contributed by atoms with Crippen molar-refractivity contribution in [1.29, 1.82) is 0 Å². The fraction of sp³-hybridized carbons (Fsp3) is 0.604. The number of aliphatic hydroxyl groups is 1. The number of anilines is 3. The number of amides is 2. The molecule has 1 aromatic carbocycles. The van der Waals surface area contributed by atoms with Gasteiger partial charge in [0, 0.05) is 76.5 Å². The number of carbonyl (C=O) groups is 2. The zero-order valence-electron chi connectivity index (χ0n) is 42.0. The van der Waals surface area contributed by atoms with E-state index in [1.807, 2.05) is 45.2 Å². The normalized spacial score (nSPS) is 15.8. The van der Waals surface area contributed by atoms with E-state index in [-0.39, 0.29) is 43.5 Å². The molecular weight excluding hydrogens is 960 g/mol. The van der Waals surface area contributed by atoms with Crippen LogP contribution in [0.1, 0.15) is 80.8 Å². The molecule has 2 saturated heterocycles. The average Bonchev–Trinajstić information content (AvgIpc) is 4.19. The van der Waals surface area contributed by atoms with E-state index in [2.05, 4.69) is 61.7 Å². The molecule has 7 rings (SSSR count). The second kappa shape index (κ2) is 28.4. The number of unbranched alkanes of at least 4 members (excludes halogenated alkanes) is 1. The lowest BCUT2D eigenvalue weighted by atomic mass is 10.0. The van der Waals surface area contributed by atoms with Crippen LogP contribution in [0.5, 0.6) is 0 Å². The van der Waals surface area contributed by atoms with Crippen LogP contribution in [0.2, 0.25) is 0 Å². The van der Waals surface area contributed by atoms with Crippen molar-refractivity contribution >= 4 is 53.0 Å². The van der Waals surface area contributed by atoms with Gasteiger partial charge in [-0.05, 0) is 55.7 Å². The molecule has 25 heteroatoms. The molecule has 398 valence electrons. The van der Waals surface area contributed by atoms with Gasteiger partial charge in [-0.3, -0.25) is 9.59 Å². The molecule has 5 aromatic rings. The van der Waals surface area contributed by atoms with E-state index >= 15 is 0 Å². The molecule has 6 heterocycles. The Hall–Kier alpha value is -6.04. The molecule has 2 fully saturated rings. The molecule has 9 N–H and O–H groups in total. The van der Waals surface area contributed by atoms with E-state index in [9.17, 15) is 14.7 Å². The predicted octanol–water partition coefficient (Wildman–Crippen LogP) is 1.24. The van der Waals surface area contributed by atoms with Crippen LogP contribution in [0.15, 0.2) is 42.7 Å². The minimum Gasteiger partial charge on any atom is -0.394 e. The molecule has 2 aliphatic heterocycles. The number of fused-ring (bicyclic) bond motifs is 1. The molecule has 73 heavy (non-hydrogen) atoms. The second-order valence-electron chi connectivity index (χ2n) is 18.5. The number of nitrogens with one attached hydrogen (secondary N) is 2. The molecule has 2 aliphatic rings. The summed E-state index contributed by atoms with van der Waals surface area (Å²) >= 11 is 0. The second-order valence-corrected chi connectivity index (χ2v) is 18.5. The highest BCUT2D eigenvalue weighted by Gasteiger charge is 2.34. The largest absolute Gasteiger partial charge is 0.394 e. The molecule has 0 radical (unpaired) electrons. The van der Waals surface area contributed by atoms with Gasteiger partial charge in [-0.25, -0.2) is 9.36 Å². The monoisotopic (exact) mass is 1030 g/mol. The van der Waals surface area contributed by atoms with Gasteiger partial charge >= 0.3 is 0 Å². The number of benzene rings is 1. The van der Waals surface area contributed by atoms with Gasteiger partial charge in [0.05, 0.1) is 69.8 Å². The Morgan fingerprint density at radius 3 is 1.96 bits per heavy atom. The smallest absolute Gasteiger partial charge is 0.248 e. The van der Waals surface area contributed by atoms with Crippen LogP contribution < -0.4 is 32.3 Å². The van der Waals surface area contributed by atoms with Crippen LogP contribution in [0.4, 0.5) is 17.8 Å². The number of aromatic nitrogens is 10. The number of terminal acetylenes is 1.